The number of hydrogen-bond acceptors (Lipinski definition) is 6. The number of nitrogens with one attached hydrogen (secondary N) is 1. The van der Waals surface area contributed by atoms with E-state index in [1.54, 1.807) is 27.4 Å². The molecule has 0 aliphatic heterocycles. The topological polar surface area (TPSA) is 82.8 Å². The number of carbonyl (C=O) groups is 1. The lowest BCUT2D eigenvalue weighted by atomic mass is 10.1. The number of fused-ring (bicyclic) bond motifs is 1. The van der Waals surface area contributed by atoms with Crippen molar-refractivity contribution in [2.45, 2.75) is 12.8 Å². The molecule has 0 unspecified atom stereocenters. The highest BCUT2D eigenvalue weighted by Gasteiger charge is 2.14. The van der Waals surface area contributed by atoms with Crippen LogP contribution in [0.1, 0.15) is 12.0 Å². The van der Waals surface area contributed by atoms with Gasteiger partial charge in [0.05, 0.1) is 26.9 Å². The molecule has 0 radical (unpaired) electrons. The summed E-state index contributed by atoms with van der Waals surface area (Å²) in [5, 5.41) is 2.92. The van der Waals surface area contributed by atoms with Crippen molar-refractivity contribution in [1.29, 1.82) is 0 Å². The minimum atomic E-state index is -0.0939. The number of methoxy groups -OCH3 is 3. The lowest BCUT2D eigenvalue weighted by molar-refractivity contribution is -0.116. The van der Waals surface area contributed by atoms with Gasteiger partial charge in [0.25, 0.3) is 0 Å². The average Bonchev–Trinajstić information content (AvgIpc) is 3.25. The number of nitrogens with zero attached hydrogens (tertiary/aromatic N) is 1. The number of aromatic nitrogens is 1. The zero-order valence-corrected chi connectivity index (χ0v) is 18.2. The molecule has 0 fully saturated rings. The molecule has 0 bridgehead atoms. The minimum absolute atomic E-state index is 0.0939. The second-order valence-corrected chi connectivity index (χ2v) is 7.14. The molecule has 1 N–H and O–H groups in total. The predicted octanol–water partition coefficient (Wildman–Crippen LogP) is 5.09. The average molecular weight is 432 g/mol. The van der Waals surface area contributed by atoms with Crippen molar-refractivity contribution in [3.63, 3.8) is 0 Å². The first kappa shape index (κ1) is 21.2. The largest absolute Gasteiger partial charge is 0.496 e. The van der Waals surface area contributed by atoms with Gasteiger partial charge in [-0.15, -0.1) is 0 Å². The Labute approximate surface area is 185 Å². The quantitative estimate of drug-likeness (QED) is 0.418. The Kier molecular flexibility index (Phi) is 6.26. The summed E-state index contributed by atoms with van der Waals surface area (Å²) in [5.41, 5.74) is 3.70. The molecular weight excluding hydrogens is 408 g/mol. The molecule has 0 atom stereocenters. The van der Waals surface area contributed by atoms with Crippen molar-refractivity contribution in [1.82, 2.24) is 4.98 Å². The third kappa shape index (κ3) is 4.51. The van der Waals surface area contributed by atoms with Crippen LogP contribution in [-0.2, 0) is 11.2 Å². The number of carbonyl (C=O) groups excluding carboxylic acids is 1. The van der Waals surface area contributed by atoms with Crippen LogP contribution in [0.15, 0.2) is 65.1 Å². The van der Waals surface area contributed by atoms with Gasteiger partial charge >= 0.3 is 0 Å². The van der Waals surface area contributed by atoms with E-state index in [1.165, 1.54) is 0 Å². The van der Waals surface area contributed by atoms with Crippen LogP contribution in [0.4, 0.5) is 5.69 Å². The first-order valence-electron chi connectivity index (χ1n) is 10.2. The maximum Gasteiger partial charge on any atom is 0.231 e. The lowest BCUT2D eigenvalue weighted by Crippen LogP contribution is -2.12. The molecule has 1 aromatic heterocycles. The molecule has 0 spiro atoms. The highest BCUT2D eigenvalue weighted by molar-refractivity contribution is 5.93. The van der Waals surface area contributed by atoms with Crippen LogP contribution in [0.3, 0.4) is 0 Å². The minimum Gasteiger partial charge on any atom is -0.496 e. The van der Waals surface area contributed by atoms with Gasteiger partial charge in [-0.3, -0.25) is 4.79 Å². The molecule has 7 nitrogen and oxygen atoms in total. The summed E-state index contributed by atoms with van der Waals surface area (Å²) in [5.74, 6) is 2.36. The zero-order valence-electron chi connectivity index (χ0n) is 18.2. The number of amides is 1. The fraction of sp³-hybridized carbons (Fsp3) is 0.200. The van der Waals surface area contributed by atoms with Gasteiger partial charge < -0.3 is 23.9 Å². The number of benzene rings is 3. The van der Waals surface area contributed by atoms with E-state index in [0.29, 0.717) is 52.8 Å². The maximum absolute atomic E-state index is 12.5. The van der Waals surface area contributed by atoms with E-state index in [9.17, 15) is 4.79 Å². The summed E-state index contributed by atoms with van der Waals surface area (Å²) < 4.78 is 21.9. The van der Waals surface area contributed by atoms with Gasteiger partial charge in [0.2, 0.25) is 11.8 Å². The Morgan fingerprint density at radius 1 is 0.906 bits per heavy atom. The van der Waals surface area contributed by atoms with E-state index in [1.807, 2.05) is 54.6 Å². The molecular formula is C25H24N2O5. The van der Waals surface area contributed by atoms with Gasteiger partial charge in [-0.25, -0.2) is 4.98 Å². The molecule has 0 saturated carbocycles. The van der Waals surface area contributed by atoms with Crippen LogP contribution in [-0.4, -0.2) is 32.2 Å². The number of rotatable bonds is 8. The van der Waals surface area contributed by atoms with Crippen molar-refractivity contribution in [2.24, 2.45) is 0 Å². The molecule has 7 heteroatoms. The molecule has 4 aromatic rings. The van der Waals surface area contributed by atoms with Crippen LogP contribution >= 0.6 is 0 Å². The fourth-order valence-electron chi connectivity index (χ4n) is 3.46. The number of anilines is 1. The number of aryl methyl sites for hydroxylation is 1. The van der Waals surface area contributed by atoms with Gasteiger partial charge in [-0.1, -0.05) is 18.2 Å². The molecule has 0 aliphatic rings. The Balaban J connectivity index is 1.44. The Bertz CT molecular complexity index is 1250. The summed E-state index contributed by atoms with van der Waals surface area (Å²) in [6.45, 7) is 0. The van der Waals surface area contributed by atoms with Crippen LogP contribution in [0, 0.1) is 0 Å². The molecule has 32 heavy (non-hydrogen) atoms. The van der Waals surface area contributed by atoms with Gasteiger partial charge in [-0.2, -0.15) is 0 Å². The maximum atomic E-state index is 12.5. The van der Waals surface area contributed by atoms with Crippen LogP contribution in [0.5, 0.6) is 17.2 Å². The SMILES string of the molecule is COc1ccc(CCC(=O)Nc2ccc3nc(-c4ccccc4OC)oc3c2)cc1OC. The monoisotopic (exact) mass is 432 g/mol. The lowest BCUT2D eigenvalue weighted by Gasteiger charge is -2.09. The van der Waals surface area contributed by atoms with E-state index in [4.69, 9.17) is 18.6 Å². The van der Waals surface area contributed by atoms with Crippen molar-refractivity contribution >= 4 is 22.7 Å². The summed E-state index contributed by atoms with van der Waals surface area (Å²) in [4.78, 5) is 17.0. The van der Waals surface area contributed by atoms with Gasteiger partial charge in [0.15, 0.2) is 17.1 Å². The standard InChI is InChI=1S/C25H24N2O5/c1-29-20-7-5-4-6-18(20)25-27-19-11-10-17(15-22(19)32-25)26-24(28)13-9-16-8-12-21(30-2)23(14-16)31-3/h4-8,10-12,14-15H,9,13H2,1-3H3,(H,26,28). The van der Waals surface area contributed by atoms with Crippen LogP contribution in [0.2, 0.25) is 0 Å². The van der Waals surface area contributed by atoms with E-state index in [-0.39, 0.29) is 5.91 Å². The van der Waals surface area contributed by atoms with Crippen molar-refractivity contribution in [2.75, 3.05) is 26.6 Å². The summed E-state index contributed by atoms with van der Waals surface area (Å²) >= 11 is 0. The van der Waals surface area contributed by atoms with Gasteiger partial charge in [0, 0.05) is 18.2 Å². The number of para-hydroxylation sites is 1. The fourth-order valence-corrected chi connectivity index (χ4v) is 3.46. The number of hydrogen-bond donors (Lipinski definition) is 1. The smallest absolute Gasteiger partial charge is 0.231 e. The predicted molar refractivity (Wildman–Crippen MR) is 122 cm³/mol. The third-order valence-electron chi connectivity index (χ3n) is 5.10. The molecule has 1 amide bonds. The highest BCUT2D eigenvalue weighted by atomic mass is 16.5. The highest BCUT2D eigenvalue weighted by Crippen LogP contribution is 2.32. The Morgan fingerprint density at radius 3 is 2.47 bits per heavy atom. The number of oxazole rings is 1. The summed E-state index contributed by atoms with van der Waals surface area (Å²) in [7, 11) is 4.79. The normalized spacial score (nSPS) is 10.7. The van der Waals surface area contributed by atoms with Crippen LogP contribution in [0.25, 0.3) is 22.6 Å². The Hall–Kier alpha value is -4.00. The number of ether oxygens (including phenoxy) is 3. The molecule has 4 rings (SSSR count). The van der Waals surface area contributed by atoms with Gasteiger partial charge in [-0.05, 0) is 48.4 Å². The first-order chi connectivity index (χ1) is 15.6. The summed E-state index contributed by atoms with van der Waals surface area (Å²) in [6, 6.07) is 18.6. The second-order valence-electron chi connectivity index (χ2n) is 7.14. The first-order valence-corrected chi connectivity index (χ1v) is 10.2. The van der Waals surface area contributed by atoms with E-state index >= 15 is 0 Å². The molecule has 0 saturated heterocycles. The second kappa shape index (κ2) is 9.43. The van der Waals surface area contributed by atoms with Crippen LogP contribution < -0.4 is 19.5 Å². The van der Waals surface area contributed by atoms with E-state index in [0.717, 1.165) is 11.1 Å². The van der Waals surface area contributed by atoms with Gasteiger partial charge in [0.1, 0.15) is 11.3 Å². The molecule has 3 aromatic carbocycles. The molecule has 1 heterocycles. The summed E-state index contributed by atoms with van der Waals surface area (Å²) in [6.07, 6.45) is 0.908. The zero-order chi connectivity index (χ0) is 22.5. The molecule has 164 valence electrons. The van der Waals surface area contributed by atoms with E-state index < -0.39 is 0 Å². The molecule has 0 aliphatic carbocycles. The van der Waals surface area contributed by atoms with Crippen molar-refractivity contribution in [3.05, 3.63) is 66.2 Å². The van der Waals surface area contributed by atoms with Crippen molar-refractivity contribution in [3.8, 4) is 28.7 Å². The van der Waals surface area contributed by atoms with Crippen molar-refractivity contribution < 1.29 is 23.4 Å². The Morgan fingerprint density at radius 2 is 1.69 bits per heavy atom. The van der Waals surface area contributed by atoms with E-state index in [2.05, 4.69) is 10.3 Å². The third-order valence-corrected chi connectivity index (χ3v) is 5.10.